The molecular weight excluding hydrogens is 468 g/mol. The fourth-order valence-electron chi connectivity index (χ4n) is 4.20. The monoisotopic (exact) mass is 500 g/mol. The molecule has 0 spiro atoms. The molecule has 4 rings (SSSR count). The second kappa shape index (κ2) is 10.5. The van der Waals surface area contributed by atoms with Gasteiger partial charge < -0.3 is 4.90 Å². The maximum atomic E-state index is 13.6. The van der Waals surface area contributed by atoms with Gasteiger partial charge in [0.1, 0.15) is 0 Å². The van der Waals surface area contributed by atoms with Crippen molar-refractivity contribution in [1.29, 1.82) is 0 Å². The zero-order valence-corrected chi connectivity index (χ0v) is 21.7. The highest BCUT2D eigenvalue weighted by atomic mass is 32.2. The van der Waals surface area contributed by atoms with Crippen LogP contribution >= 0.6 is 11.3 Å². The van der Waals surface area contributed by atoms with Gasteiger partial charge in [-0.25, -0.2) is 13.4 Å². The normalized spacial score (nSPS) is 14.8. The molecule has 0 N–H and O–H groups in total. The van der Waals surface area contributed by atoms with Crippen molar-refractivity contribution in [2.24, 2.45) is 0 Å². The molecule has 9 heteroatoms. The maximum Gasteiger partial charge on any atom is 0.260 e. The van der Waals surface area contributed by atoms with Gasteiger partial charge in [0.2, 0.25) is 10.0 Å². The van der Waals surface area contributed by atoms with Gasteiger partial charge in [0, 0.05) is 31.7 Å². The summed E-state index contributed by atoms with van der Waals surface area (Å²) < 4.78 is 28.3. The second-order valence-corrected chi connectivity index (χ2v) is 11.5. The van der Waals surface area contributed by atoms with Crippen LogP contribution in [0.4, 0.5) is 5.13 Å². The van der Waals surface area contributed by atoms with Gasteiger partial charge in [-0.2, -0.15) is 4.31 Å². The van der Waals surface area contributed by atoms with E-state index in [1.807, 2.05) is 19.1 Å². The predicted octanol–water partition coefficient (Wildman–Crippen LogP) is 4.38. The lowest BCUT2D eigenvalue weighted by atomic mass is 10.2. The molecular formula is C25H32N4O3S2. The van der Waals surface area contributed by atoms with Crippen molar-refractivity contribution in [3.8, 4) is 0 Å². The van der Waals surface area contributed by atoms with Crippen LogP contribution in [0.3, 0.4) is 0 Å². The number of sulfonamides is 1. The molecule has 0 atom stereocenters. The molecule has 0 unspecified atom stereocenters. The Balaban J connectivity index is 1.62. The van der Waals surface area contributed by atoms with Crippen LogP contribution in [0.2, 0.25) is 0 Å². The zero-order valence-electron chi connectivity index (χ0n) is 20.0. The Bertz CT molecular complexity index is 1240. The molecule has 0 radical (unpaired) electrons. The van der Waals surface area contributed by atoms with E-state index in [2.05, 4.69) is 24.8 Å². The van der Waals surface area contributed by atoms with Crippen LogP contribution in [-0.4, -0.2) is 67.8 Å². The van der Waals surface area contributed by atoms with Crippen LogP contribution < -0.4 is 4.90 Å². The first-order chi connectivity index (χ1) is 16.3. The molecule has 34 heavy (non-hydrogen) atoms. The third-order valence-electron chi connectivity index (χ3n) is 6.35. The van der Waals surface area contributed by atoms with E-state index in [9.17, 15) is 13.2 Å². The highest BCUT2D eigenvalue weighted by Gasteiger charge is 2.28. The number of amides is 1. The fourth-order valence-corrected chi connectivity index (χ4v) is 6.81. The number of nitrogens with zero attached hydrogens (tertiary/aromatic N) is 4. The summed E-state index contributed by atoms with van der Waals surface area (Å²) in [5.74, 6) is -0.173. The molecule has 0 aliphatic carbocycles. The first-order valence-electron chi connectivity index (χ1n) is 11.8. The minimum absolute atomic E-state index is 0.173. The number of hydrogen-bond acceptors (Lipinski definition) is 6. The van der Waals surface area contributed by atoms with Crippen molar-refractivity contribution in [2.75, 3.05) is 44.2 Å². The maximum absolute atomic E-state index is 13.6. The number of fused-ring (bicyclic) bond motifs is 1. The summed E-state index contributed by atoms with van der Waals surface area (Å²) in [5, 5.41) is 0.659. The van der Waals surface area contributed by atoms with Gasteiger partial charge >= 0.3 is 0 Å². The number of likely N-dealkylation sites (N-methyl/N-ethyl adjacent to an activating group) is 1. The van der Waals surface area contributed by atoms with E-state index >= 15 is 0 Å². The molecule has 0 bridgehead atoms. The summed E-state index contributed by atoms with van der Waals surface area (Å²) >= 11 is 1.51. The van der Waals surface area contributed by atoms with Crippen LogP contribution in [0.15, 0.2) is 47.4 Å². The Labute approximate surface area is 206 Å². The summed E-state index contributed by atoms with van der Waals surface area (Å²) in [7, 11) is -3.51. The summed E-state index contributed by atoms with van der Waals surface area (Å²) in [6, 6.07) is 12.4. The van der Waals surface area contributed by atoms with Crippen molar-refractivity contribution >= 4 is 42.6 Å². The zero-order chi connectivity index (χ0) is 24.3. The molecule has 2 aromatic carbocycles. The molecule has 7 nitrogen and oxygen atoms in total. The largest absolute Gasteiger partial charge is 0.302 e. The summed E-state index contributed by atoms with van der Waals surface area (Å²) in [5.41, 5.74) is 2.48. The van der Waals surface area contributed by atoms with E-state index in [0.717, 1.165) is 48.3 Å². The van der Waals surface area contributed by atoms with Crippen molar-refractivity contribution in [2.45, 2.75) is 38.5 Å². The third-order valence-corrected chi connectivity index (χ3v) is 9.30. The number of hydrogen-bond donors (Lipinski definition) is 0. The number of rotatable bonds is 9. The van der Waals surface area contributed by atoms with Crippen LogP contribution in [0.25, 0.3) is 10.2 Å². The lowest BCUT2D eigenvalue weighted by Crippen LogP contribution is -2.38. The molecule has 0 saturated carbocycles. The smallest absolute Gasteiger partial charge is 0.260 e. The standard InChI is InChI=1S/C25H32N4O3S2/c1-4-27(5-2)16-17-29(25-26-22-13-8-19(3)18-23(22)33-25)24(30)20-9-11-21(12-10-20)34(31,32)28-14-6-7-15-28/h8-13,18H,4-7,14-17H2,1-3H3. The van der Waals surface area contributed by atoms with E-state index in [-0.39, 0.29) is 10.8 Å². The molecule has 1 aromatic heterocycles. The number of thiazole rings is 1. The summed E-state index contributed by atoms with van der Waals surface area (Å²) in [6.45, 7) is 10.4. The number of benzene rings is 2. The second-order valence-electron chi connectivity index (χ2n) is 8.59. The lowest BCUT2D eigenvalue weighted by molar-refractivity contribution is 0.0983. The van der Waals surface area contributed by atoms with Crippen molar-refractivity contribution in [3.05, 3.63) is 53.6 Å². The van der Waals surface area contributed by atoms with Gasteiger partial charge in [-0.05, 0) is 74.8 Å². The predicted molar refractivity (Wildman–Crippen MR) is 138 cm³/mol. The topological polar surface area (TPSA) is 73.8 Å². The Hall–Kier alpha value is -2.33. The van der Waals surface area contributed by atoms with Crippen LogP contribution in [0.1, 0.15) is 42.6 Å². The van der Waals surface area contributed by atoms with Gasteiger partial charge in [0.25, 0.3) is 5.91 Å². The highest BCUT2D eigenvalue weighted by Crippen LogP contribution is 2.31. The van der Waals surface area contributed by atoms with Crippen molar-refractivity contribution in [1.82, 2.24) is 14.2 Å². The average Bonchev–Trinajstić information content (AvgIpc) is 3.52. The van der Waals surface area contributed by atoms with Gasteiger partial charge in [-0.3, -0.25) is 9.69 Å². The number of aryl methyl sites for hydroxylation is 1. The molecule has 1 fully saturated rings. The van der Waals surface area contributed by atoms with E-state index in [1.54, 1.807) is 29.2 Å². The quantitative estimate of drug-likeness (QED) is 0.436. The van der Waals surface area contributed by atoms with Gasteiger partial charge in [0.05, 0.1) is 15.1 Å². The van der Waals surface area contributed by atoms with Crippen molar-refractivity contribution in [3.63, 3.8) is 0 Å². The van der Waals surface area contributed by atoms with E-state index < -0.39 is 10.0 Å². The average molecular weight is 501 g/mol. The molecule has 1 aliphatic heterocycles. The molecule has 1 amide bonds. The molecule has 3 aromatic rings. The van der Waals surface area contributed by atoms with E-state index in [4.69, 9.17) is 4.98 Å². The van der Waals surface area contributed by atoms with E-state index in [1.165, 1.54) is 15.6 Å². The number of carbonyl (C=O) groups excluding carboxylic acids is 1. The Kier molecular flexibility index (Phi) is 7.67. The van der Waals surface area contributed by atoms with Crippen LogP contribution in [-0.2, 0) is 10.0 Å². The Morgan fingerprint density at radius 1 is 1.03 bits per heavy atom. The summed E-state index contributed by atoms with van der Waals surface area (Å²) in [6.07, 6.45) is 1.78. The van der Waals surface area contributed by atoms with E-state index in [0.29, 0.717) is 30.3 Å². The molecule has 1 saturated heterocycles. The van der Waals surface area contributed by atoms with Crippen LogP contribution in [0, 0.1) is 6.92 Å². The lowest BCUT2D eigenvalue weighted by Gasteiger charge is -2.25. The van der Waals surface area contributed by atoms with Crippen molar-refractivity contribution < 1.29 is 13.2 Å². The van der Waals surface area contributed by atoms with Gasteiger partial charge in [-0.1, -0.05) is 31.3 Å². The first-order valence-corrected chi connectivity index (χ1v) is 14.1. The SMILES string of the molecule is CCN(CC)CCN(C(=O)c1ccc(S(=O)(=O)N2CCCC2)cc1)c1nc2ccc(C)cc2s1. The number of carbonyl (C=O) groups is 1. The number of anilines is 1. The highest BCUT2D eigenvalue weighted by molar-refractivity contribution is 7.89. The fraction of sp³-hybridized carbons (Fsp3) is 0.440. The first kappa shape index (κ1) is 24.8. The molecule has 182 valence electrons. The number of aromatic nitrogens is 1. The Morgan fingerprint density at radius 3 is 2.35 bits per heavy atom. The Morgan fingerprint density at radius 2 is 1.71 bits per heavy atom. The van der Waals surface area contributed by atoms with Gasteiger partial charge in [0.15, 0.2) is 5.13 Å². The minimum atomic E-state index is -3.51. The molecule has 2 heterocycles. The minimum Gasteiger partial charge on any atom is -0.302 e. The summed E-state index contributed by atoms with van der Waals surface area (Å²) in [4.78, 5) is 22.6. The van der Waals surface area contributed by atoms with Crippen LogP contribution in [0.5, 0.6) is 0 Å². The molecule has 1 aliphatic rings. The third kappa shape index (κ3) is 5.17. The van der Waals surface area contributed by atoms with Gasteiger partial charge in [-0.15, -0.1) is 0 Å².